The van der Waals surface area contributed by atoms with E-state index in [1.165, 1.54) is 0 Å². The van der Waals surface area contributed by atoms with Gasteiger partial charge >= 0.3 is 0 Å². The lowest BCUT2D eigenvalue weighted by Crippen LogP contribution is -2.46. The molecule has 2 amide bonds. The van der Waals surface area contributed by atoms with Crippen LogP contribution in [0, 0.1) is 12.8 Å². The third kappa shape index (κ3) is 5.17. The maximum absolute atomic E-state index is 12.7. The predicted molar refractivity (Wildman–Crippen MR) is 113 cm³/mol. The number of imidazole rings is 1. The van der Waals surface area contributed by atoms with Crippen LogP contribution in [0.1, 0.15) is 30.5 Å². The molecule has 0 bridgehead atoms. The maximum atomic E-state index is 12.7. The topological polar surface area (TPSA) is 79.2 Å². The first-order valence-electron chi connectivity index (χ1n) is 10.9. The van der Waals surface area contributed by atoms with Crippen LogP contribution in [-0.4, -0.2) is 76.9 Å². The highest BCUT2D eigenvalue weighted by atomic mass is 16.5. The van der Waals surface area contributed by atoms with Crippen molar-refractivity contribution in [1.29, 1.82) is 0 Å². The van der Waals surface area contributed by atoms with Crippen LogP contribution in [0.15, 0.2) is 24.5 Å². The number of morpholine rings is 1. The fraction of sp³-hybridized carbons (Fsp3) is 0.591. The Balaban J connectivity index is 1.25. The molecule has 30 heavy (non-hydrogen) atoms. The number of pyridine rings is 1. The molecule has 1 atom stereocenters. The molecule has 1 N–H and O–H groups in total. The van der Waals surface area contributed by atoms with Crippen molar-refractivity contribution in [1.82, 2.24) is 24.5 Å². The van der Waals surface area contributed by atoms with Gasteiger partial charge in [-0.3, -0.25) is 14.5 Å². The molecule has 2 aliphatic heterocycles. The fourth-order valence-electron chi connectivity index (χ4n) is 4.22. The van der Waals surface area contributed by atoms with Crippen molar-refractivity contribution in [3.05, 3.63) is 35.8 Å². The minimum atomic E-state index is -0.148. The van der Waals surface area contributed by atoms with Crippen molar-refractivity contribution >= 4 is 17.5 Å². The zero-order valence-corrected chi connectivity index (χ0v) is 17.7. The number of amides is 2. The largest absolute Gasteiger partial charge is 0.379 e. The molecule has 1 unspecified atom stereocenters. The third-order valence-electron chi connectivity index (χ3n) is 5.97. The monoisotopic (exact) mass is 413 g/mol. The molecule has 2 saturated heterocycles. The van der Waals surface area contributed by atoms with E-state index in [4.69, 9.17) is 4.74 Å². The van der Waals surface area contributed by atoms with Gasteiger partial charge in [-0.15, -0.1) is 0 Å². The van der Waals surface area contributed by atoms with E-state index in [9.17, 15) is 9.59 Å². The zero-order valence-electron chi connectivity index (χ0n) is 17.7. The predicted octanol–water partition coefficient (Wildman–Crippen LogP) is 1.22. The number of likely N-dealkylation sites (tertiary alicyclic amines) is 1. The maximum Gasteiger partial charge on any atom is 0.225 e. The normalized spacial score (nSPS) is 20.6. The van der Waals surface area contributed by atoms with Gasteiger partial charge in [0.2, 0.25) is 11.8 Å². The minimum Gasteiger partial charge on any atom is -0.379 e. The summed E-state index contributed by atoms with van der Waals surface area (Å²) >= 11 is 0. The Hall–Kier alpha value is -2.45. The molecule has 0 radical (unpaired) electrons. The second-order valence-electron chi connectivity index (χ2n) is 8.30. The molecule has 0 aliphatic carbocycles. The van der Waals surface area contributed by atoms with E-state index in [2.05, 4.69) is 15.2 Å². The number of nitrogens with zero attached hydrogens (tertiary/aromatic N) is 4. The molecule has 8 heteroatoms. The van der Waals surface area contributed by atoms with Crippen LogP contribution >= 0.6 is 0 Å². The summed E-state index contributed by atoms with van der Waals surface area (Å²) in [6.45, 7) is 8.14. The molecule has 0 spiro atoms. The molecule has 8 nitrogen and oxygen atoms in total. The summed E-state index contributed by atoms with van der Waals surface area (Å²) in [5.74, 6) is 0.0241. The Morgan fingerprint density at radius 2 is 2.07 bits per heavy atom. The SMILES string of the molecule is Cc1ccc2nc(CNC(=O)C3CCC(=O)N(CCCN4CCOCC4)C3)cn2c1. The third-order valence-corrected chi connectivity index (χ3v) is 5.97. The molecule has 2 fully saturated rings. The molecular formula is C22H31N5O3. The molecule has 162 valence electrons. The van der Waals surface area contributed by atoms with Gasteiger partial charge in [0.05, 0.1) is 31.4 Å². The molecule has 4 heterocycles. The molecule has 0 saturated carbocycles. The van der Waals surface area contributed by atoms with Gasteiger partial charge < -0.3 is 19.4 Å². The summed E-state index contributed by atoms with van der Waals surface area (Å²) in [5.41, 5.74) is 2.87. The van der Waals surface area contributed by atoms with Gasteiger partial charge in [0.25, 0.3) is 0 Å². The number of piperidine rings is 1. The van der Waals surface area contributed by atoms with Crippen molar-refractivity contribution in [2.45, 2.75) is 32.7 Å². The Morgan fingerprint density at radius 1 is 1.23 bits per heavy atom. The zero-order chi connectivity index (χ0) is 20.9. The van der Waals surface area contributed by atoms with Crippen LogP contribution in [0.4, 0.5) is 0 Å². The van der Waals surface area contributed by atoms with Crippen molar-refractivity contribution in [2.75, 3.05) is 45.9 Å². The van der Waals surface area contributed by atoms with Gasteiger partial charge in [0, 0.05) is 51.5 Å². The lowest BCUT2D eigenvalue weighted by Gasteiger charge is -2.33. The smallest absolute Gasteiger partial charge is 0.225 e. The standard InChI is InChI=1S/C22H31N5O3/c1-17-3-5-20-24-19(16-27(20)14-17)13-23-22(29)18-4-6-21(28)26(15-18)8-2-7-25-9-11-30-12-10-25/h3,5,14,16,18H,2,4,6-13,15H2,1H3,(H,23,29). The molecule has 2 aromatic rings. The van der Waals surface area contributed by atoms with Crippen LogP contribution in [0.2, 0.25) is 0 Å². The first-order chi connectivity index (χ1) is 14.6. The van der Waals surface area contributed by atoms with Crippen LogP contribution in [0.25, 0.3) is 5.65 Å². The summed E-state index contributed by atoms with van der Waals surface area (Å²) in [4.78, 5) is 33.8. The summed E-state index contributed by atoms with van der Waals surface area (Å²) in [6.07, 6.45) is 5.97. The second-order valence-corrected chi connectivity index (χ2v) is 8.30. The Labute approximate surface area is 177 Å². The van der Waals surface area contributed by atoms with Crippen molar-refractivity contribution < 1.29 is 14.3 Å². The number of fused-ring (bicyclic) bond motifs is 1. The number of hydrogen-bond acceptors (Lipinski definition) is 5. The van der Waals surface area contributed by atoms with E-state index in [1.54, 1.807) is 0 Å². The van der Waals surface area contributed by atoms with Crippen molar-refractivity contribution in [3.63, 3.8) is 0 Å². The van der Waals surface area contributed by atoms with E-state index in [0.29, 0.717) is 32.5 Å². The van der Waals surface area contributed by atoms with E-state index in [0.717, 1.165) is 56.2 Å². The van der Waals surface area contributed by atoms with Gasteiger partial charge in [-0.05, 0) is 31.4 Å². The van der Waals surface area contributed by atoms with Gasteiger partial charge in [0.1, 0.15) is 5.65 Å². The van der Waals surface area contributed by atoms with Gasteiger partial charge in [-0.2, -0.15) is 0 Å². The van der Waals surface area contributed by atoms with E-state index >= 15 is 0 Å². The number of carbonyl (C=O) groups excluding carboxylic acids is 2. The molecule has 2 aliphatic rings. The molecular weight excluding hydrogens is 382 g/mol. The van der Waals surface area contributed by atoms with Gasteiger partial charge in [-0.1, -0.05) is 6.07 Å². The minimum absolute atomic E-state index is 0.00826. The lowest BCUT2D eigenvalue weighted by atomic mass is 9.96. The Kier molecular flexibility index (Phi) is 6.64. The number of rotatable bonds is 7. The Bertz CT molecular complexity index is 890. The molecule has 2 aromatic heterocycles. The van der Waals surface area contributed by atoms with E-state index in [1.807, 2.05) is 40.8 Å². The molecule has 0 aromatic carbocycles. The summed E-state index contributed by atoms with van der Waals surface area (Å²) in [6, 6.07) is 4.00. The van der Waals surface area contributed by atoms with Crippen LogP contribution in [0.3, 0.4) is 0 Å². The number of nitrogens with one attached hydrogen (secondary N) is 1. The van der Waals surface area contributed by atoms with Crippen LogP contribution < -0.4 is 5.32 Å². The number of aromatic nitrogens is 2. The first kappa shape index (κ1) is 20.8. The highest BCUT2D eigenvalue weighted by Crippen LogP contribution is 2.18. The summed E-state index contributed by atoms with van der Waals surface area (Å²) in [5, 5.41) is 3.01. The van der Waals surface area contributed by atoms with E-state index < -0.39 is 0 Å². The number of ether oxygens (including phenoxy) is 1. The van der Waals surface area contributed by atoms with Crippen molar-refractivity contribution in [2.24, 2.45) is 5.92 Å². The second kappa shape index (κ2) is 9.57. The van der Waals surface area contributed by atoms with E-state index in [-0.39, 0.29) is 17.7 Å². The lowest BCUT2D eigenvalue weighted by molar-refractivity contribution is -0.138. The fourth-order valence-corrected chi connectivity index (χ4v) is 4.22. The number of carbonyl (C=O) groups is 2. The average Bonchev–Trinajstić information content (AvgIpc) is 3.16. The van der Waals surface area contributed by atoms with Crippen LogP contribution in [0.5, 0.6) is 0 Å². The van der Waals surface area contributed by atoms with Crippen molar-refractivity contribution in [3.8, 4) is 0 Å². The van der Waals surface area contributed by atoms with Gasteiger partial charge in [-0.25, -0.2) is 4.98 Å². The summed E-state index contributed by atoms with van der Waals surface area (Å²) < 4.78 is 7.35. The number of hydrogen-bond donors (Lipinski definition) is 1. The highest BCUT2D eigenvalue weighted by Gasteiger charge is 2.30. The quantitative estimate of drug-likeness (QED) is 0.738. The summed E-state index contributed by atoms with van der Waals surface area (Å²) in [7, 11) is 0. The average molecular weight is 414 g/mol. The molecule has 4 rings (SSSR count). The van der Waals surface area contributed by atoms with Crippen LogP contribution in [-0.2, 0) is 20.9 Å². The van der Waals surface area contributed by atoms with Gasteiger partial charge in [0.15, 0.2) is 0 Å². The Morgan fingerprint density at radius 3 is 2.90 bits per heavy atom. The first-order valence-corrected chi connectivity index (χ1v) is 10.9. The number of aryl methyl sites for hydroxylation is 1. The highest BCUT2D eigenvalue weighted by molar-refractivity contribution is 5.83.